The van der Waals surface area contributed by atoms with Gasteiger partial charge in [-0.15, -0.1) is 0 Å². The van der Waals surface area contributed by atoms with Gasteiger partial charge in [0.1, 0.15) is 24.9 Å². The number of rotatable bonds is 10. The zero-order valence-corrected chi connectivity index (χ0v) is 26.5. The molecule has 254 valence electrons. The van der Waals surface area contributed by atoms with Crippen LogP contribution in [-0.2, 0) is 71.3 Å². The Morgan fingerprint density at radius 2 is 1.30 bits per heavy atom. The second-order valence-electron chi connectivity index (χ2n) is 11.2. The van der Waals surface area contributed by atoms with Crippen LogP contribution >= 0.6 is 0 Å². The number of hydrogen-bond acceptors (Lipinski definition) is 15. The van der Waals surface area contributed by atoms with Crippen molar-refractivity contribution in [2.45, 2.75) is 102 Å². The van der Waals surface area contributed by atoms with Crippen LogP contribution in [0.4, 0.5) is 0 Å². The quantitative estimate of drug-likeness (QED) is 0.262. The number of fused-ring (bicyclic) bond motifs is 1. The van der Waals surface area contributed by atoms with Gasteiger partial charge in [-0.1, -0.05) is 30.3 Å². The zero-order chi connectivity index (χ0) is 33.5. The van der Waals surface area contributed by atoms with E-state index in [-0.39, 0.29) is 19.6 Å². The molecule has 2 heterocycles. The van der Waals surface area contributed by atoms with E-state index in [0.29, 0.717) is 0 Å². The molecule has 0 unspecified atom stereocenters. The van der Waals surface area contributed by atoms with E-state index in [4.69, 9.17) is 47.4 Å². The molecule has 1 aliphatic carbocycles. The molecule has 0 aromatic heterocycles. The van der Waals surface area contributed by atoms with Crippen LogP contribution < -0.4 is 0 Å². The number of methoxy groups -OCH3 is 1. The summed E-state index contributed by atoms with van der Waals surface area (Å²) in [6.45, 7) is 5.73. The SMILES string of the molecule is CO[C@H]1O[C@H](COC(C)=O)[C@@H](O[C@H]2C[C@@H]3CO[C@@H](c4ccccc4)O[C@H]3[C@H](OC(C)=O)[C@H]2OC(C)=O)[C@H](OC(C)=O)[C@H]1OC(C)=O. The van der Waals surface area contributed by atoms with Crippen LogP contribution in [0.2, 0.25) is 0 Å². The number of carbonyl (C=O) groups is 5. The third-order valence-corrected chi connectivity index (χ3v) is 7.64. The van der Waals surface area contributed by atoms with Crippen molar-refractivity contribution in [1.29, 1.82) is 0 Å². The van der Waals surface area contributed by atoms with Gasteiger partial charge in [0.05, 0.1) is 12.7 Å². The monoisotopic (exact) mass is 652 g/mol. The maximum absolute atomic E-state index is 12.4. The molecule has 2 saturated heterocycles. The lowest BCUT2D eigenvalue weighted by Gasteiger charge is -2.50. The van der Waals surface area contributed by atoms with Gasteiger partial charge in [0.2, 0.25) is 0 Å². The van der Waals surface area contributed by atoms with Crippen LogP contribution in [0.25, 0.3) is 0 Å². The number of benzene rings is 1. The highest BCUT2D eigenvalue weighted by Gasteiger charge is 2.57. The number of carbonyl (C=O) groups excluding carboxylic acids is 5. The van der Waals surface area contributed by atoms with Crippen molar-refractivity contribution in [1.82, 2.24) is 0 Å². The summed E-state index contributed by atoms with van der Waals surface area (Å²) in [5.41, 5.74) is 0.742. The molecule has 2 aliphatic heterocycles. The highest BCUT2D eigenvalue weighted by molar-refractivity contribution is 5.68. The predicted molar refractivity (Wildman–Crippen MR) is 151 cm³/mol. The highest BCUT2D eigenvalue weighted by Crippen LogP contribution is 2.42. The predicted octanol–water partition coefficient (Wildman–Crippen LogP) is 1.54. The first-order valence-corrected chi connectivity index (χ1v) is 14.9. The van der Waals surface area contributed by atoms with Crippen molar-refractivity contribution in [3.05, 3.63) is 35.9 Å². The molecule has 11 atom stereocenters. The lowest BCUT2D eigenvalue weighted by atomic mass is 9.79. The number of hydrogen-bond donors (Lipinski definition) is 0. The Hall–Kier alpha value is -3.63. The molecule has 3 aliphatic rings. The fraction of sp³-hybridized carbons (Fsp3) is 0.645. The Morgan fingerprint density at radius 1 is 0.717 bits per heavy atom. The van der Waals surface area contributed by atoms with Crippen LogP contribution in [0.5, 0.6) is 0 Å². The molecule has 1 aromatic carbocycles. The van der Waals surface area contributed by atoms with Gasteiger partial charge in [-0.3, -0.25) is 24.0 Å². The van der Waals surface area contributed by atoms with Crippen LogP contribution in [0.1, 0.15) is 52.9 Å². The number of ether oxygens (including phenoxy) is 10. The van der Waals surface area contributed by atoms with E-state index < -0.39 is 97.2 Å². The van der Waals surface area contributed by atoms with Gasteiger partial charge >= 0.3 is 29.8 Å². The van der Waals surface area contributed by atoms with E-state index in [9.17, 15) is 24.0 Å². The van der Waals surface area contributed by atoms with Gasteiger partial charge in [0, 0.05) is 53.2 Å². The molecule has 1 saturated carbocycles. The van der Waals surface area contributed by atoms with Crippen molar-refractivity contribution in [3.8, 4) is 0 Å². The molecule has 15 heteroatoms. The van der Waals surface area contributed by atoms with Gasteiger partial charge in [-0.25, -0.2) is 0 Å². The fourth-order valence-corrected chi connectivity index (χ4v) is 5.97. The third-order valence-electron chi connectivity index (χ3n) is 7.64. The maximum atomic E-state index is 12.4. The first-order valence-electron chi connectivity index (χ1n) is 14.9. The van der Waals surface area contributed by atoms with Gasteiger partial charge in [0.25, 0.3) is 0 Å². The Labute approximate surface area is 265 Å². The summed E-state index contributed by atoms with van der Waals surface area (Å²) >= 11 is 0. The molecule has 0 N–H and O–H groups in total. The van der Waals surface area contributed by atoms with Crippen LogP contribution in [0.15, 0.2) is 30.3 Å². The first-order chi connectivity index (χ1) is 21.9. The van der Waals surface area contributed by atoms with E-state index in [1.54, 1.807) is 0 Å². The maximum Gasteiger partial charge on any atom is 0.303 e. The van der Waals surface area contributed by atoms with Crippen LogP contribution in [0, 0.1) is 5.92 Å². The second-order valence-corrected chi connectivity index (χ2v) is 11.2. The van der Waals surface area contributed by atoms with E-state index in [1.165, 1.54) is 27.9 Å². The fourth-order valence-electron chi connectivity index (χ4n) is 5.97. The summed E-state index contributed by atoms with van der Waals surface area (Å²) in [4.78, 5) is 61.0. The highest BCUT2D eigenvalue weighted by atomic mass is 16.7. The summed E-state index contributed by atoms with van der Waals surface area (Å²) in [5, 5.41) is 0. The third kappa shape index (κ3) is 8.79. The van der Waals surface area contributed by atoms with Gasteiger partial charge in [0.15, 0.2) is 37.0 Å². The van der Waals surface area contributed by atoms with Crippen molar-refractivity contribution >= 4 is 29.8 Å². The van der Waals surface area contributed by atoms with Crippen molar-refractivity contribution < 1.29 is 71.3 Å². The van der Waals surface area contributed by atoms with Crippen molar-refractivity contribution in [2.75, 3.05) is 20.3 Å². The van der Waals surface area contributed by atoms with Crippen molar-refractivity contribution in [2.24, 2.45) is 5.92 Å². The van der Waals surface area contributed by atoms with Crippen LogP contribution in [-0.4, -0.2) is 105 Å². The standard InChI is InChI=1S/C31H40O15/c1-15(32)38-14-23-26(28(42-18(4)35)29(43-19(5)36)31(37-6)45-23)44-22-12-21-13-39-30(20-10-8-7-9-11-20)46-24(21)27(41-17(3)34)25(22)40-16(2)33/h7-11,21-31H,12-14H2,1-6H3/t21-,22+,23-,24-,25+,26-,27+,28+,29-,30-,31+/m1/s1. The molecular weight excluding hydrogens is 612 g/mol. The molecule has 46 heavy (non-hydrogen) atoms. The first kappa shape index (κ1) is 35.2. The Morgan fingerprint density at radius 3 is 1.89 bits per heavy atom. The molecule has 15 nitrogen and oxygen atoms in total. The summed E-state index contributed by atoms with van der Waals surface area (Å²) in [7, 11) is 1.30. The van der Waals surface area contributed by atoms with E-state index in [2.05, 4.69) is 0 Å². The average molecular weight is 653 g/mol. The normalized spacial score (nSPS) is 33.9. The zero-order valence-electron chi connectivity index (χ0n) is 26.5. The summed E-state index contributed by atoms with van der Waals surface area (Å²) in [6, 6.07) is 9.18. The van der Waals surface area contributed by atoms with Gasteiger partial charge < -0.3 is 47.4 Å². The minimum absolute atomic E-state index is 0.164. The van der Waals surface area contributed by atoms with E-state index in [1.807, 2.05) is 30.3 Å². The Kier molecular flexibility index (Phi) is 12.1. The largest absolute Gasteiger partial charge is 0.463 e. The number of esters is 5. The lowest BCUT2D eigenvalue weighted by Crippen LogP contribution is -2.66. The molecule has 4 rings (SSSR count). The molecule has 0 spiro atoms. The summed E-state index contributed by atoms with van der Waals surface area (Å²) < 4.78 is 58.1. The molecule has 1 aromatic rings. The molecule has 0 bridgehead atoms. The summed E-state index contributed by atoms with van der Waals surface area (Å²) in [5.74, 6) is -3.84. The second kappa shape index (κ2) is 15.8. The molecule has 3 fully saturated rings. The van der Waals surface area contributed by atoms with Crippen molar-refractivity contribution in [3.63, 3.8) is 0 Å². The van der Waals surface area contributed by atoms with Gasteiger partial charge in [-0.2, -0.15) is 0 Å². The Balaban J connectivity index is 1.72. The van der Waals surface area contributed by atoms with Gasteiger partial charge in [-0.05, 0) is 6.42 Å². The van der Waals surface area contributed by atoms with Crippen LogP contribution in [0.3, 0.4) is 0 Å². The topological polar surface area (TPSA) is 178 Å². The minimum atomic E-state index is -1.33. The minimum Gasteiger partial charge on any atom is -0.463 e. The molecular formula is C31H40O15. The molecule has 0 radical (unpaired) electrons. The Bertz CT molecular complexity index is 1240. The smallest absolute Gasteiger partial charge is 0.303 e. The summed E-state index contributed by atoms with van der Waals surface area (Å²) in [6.07, 6.45) is -11.0. The van der Waals surface area contributed by atoms with E-state index in [0.717, 1.165) is 19.4 Å². The lowest BCUT2D eigenvalue weighted by molar-refractivity contribution is -0.330. The molecule has 0 amide bonds. The average Bonchev–Trinajstić information content (AvgIpc) is 2.99. The van der Waals surface area contributed by atoms with E-state index >= 15 is 0 Å².